The molecule has 1 saturated heterocycles. The van der Waals surface area contributed by atoms with E-state index in [9.17, 15) is 0 Å². The van der Waals surface area contributed by atoms with Gasteiger partial charge >= 0.3 is 0 Å². The number of rotatable bonds is 4. The maximum atomic E-state index is 6.55. The third-order valence-corrected chi connectivity index (χ3v) is 6.46. The average Bonchev–Trinajstić information content (AvgIpc) is 2.80. The summed E-state index contributed by atoms with van der Waals surface area (Å²) < 4.78 is 7.56. The fourth-order valence-electron chi connectivity index (χ4n) is 3.88. The lowest BCUT2D eigenvalue weighted by molar-refractivity contribution is -0.684. The Balaban J connectivity index is 1.51. The van der Waals surface area contributed by atoms with Crippen LogP contribution in [0.5, 0.6) is 0 Å². The maximum absolute atomic E-state index is 6.55. The minimum Gasteiger partial charge on any atom is -0.379 e. The van der Waals surface area contributed by atoms with Gasteiger partial charge in [0, 0.05) is 24.5 Å². The second-order valence-corrected chi connectivity index (χ2v) is 7.96. The number of fused-ring (bicyclic) bond motifs is 3. The summed E-state index contributed by atoms with van der Waals surface area (Å²) in [7, 11) is 0. The van der Waals surface area contributed by atoms with Gasteiger partial charge in [-0.15, -0.1) is 11.3 Å². The van der Waals surface area contributed by atoms with Crippen molar-refractivity contribution in [2.24, 2.45) is 0 Å². The van der Waals surface area contributed by atoms with Crippen LogP contribution in [0.3, 0.4) is 0 Å². The highest BCUT2D eigenvalue weighted by Crippen LogP contribution is 2.36. The summed E-state index contributed by atoms with van der Waals surface area (Å²) in [6.07, 6.45) is 9.33. The molecular weight excluding hydrogens is 320 g/mol. The van der Waals surface area contributed by atoms with Crippen LogP contribution in [0.25, 0.3) is 10.2 Å². The first kappa shape index (κ1) is 16.2. The first-order valence-corrected chi connectivity index (χ1v) is 10.0. The van der Waals surface area contributed by atoms with Crippen LogP contribution in [-0.2, 0) is 24.1 Å². The highest BCUT2D eigenvalue weighted by atomic mass is 32.1. The number of morpholine rings is 1. The summed E-state index contributed by atoms with van der Waals surface area (Å²) in [5.74, 6) is 0.918. The van der Waals surface area contributed by atoms with Gasteiger partial charge in [0.1, 0.15) is 5.39 Å². The van der Waals surface area contributed by atoms with Crippen molar-refractivity contribution >= 4 is 27.4 Å². The Morgan fingerprint density at radius 2 is 2.04 bits per heavy atom. The molecule has 5 nitrogen and oxygen atoms in total. The molecule has 0 unspecified atom stereocenters. The average molecular weight is 348 g/mol. The second kappa shape index (κ2) is 7.33. The lowest BCUT2D eigenvalue weighted by Gasteiger charge is -2.26. The van der Waals surface area contributed by atoms with Crippen molar-refractivity contribution in [2.45, 2.75) is 45.1 Å². The molecule has 1 fully saturated rings. The number of nitrogen functional groups attached to an aromatic ring is 1. The third kappa shape index (κ3) is 3.27. The van der Waals surface area contributed by atoms with E-state index in [2.05, 4.69) is 9.47 Å². The van der Waals surface area contributed by atoms with Crippen LogP contribution in [0.4, 0.5) is 5.82 Å². The number of anilines is 1. The lowest BCUT2D eigenvalue weighted by Crippen LogP contribution is -2.41. The molecule has 0 saturated carbocycles. The highest BCUT2D eigenvalue weighted by Gasteiger charge is 2.22. The largest absolute Gasteiger partial charge is 0.379 e. The van der Waals surface area contributed by atoms with Gasteiger partial charge in [0.15, 0.2) is 0 Å². The van der Waals surface area contributed by atoms with Crippen LogP contribution in [-0.4, -0.2) is 42.7 Å². The van der Waals surface area contributed by atoms with E-state index in [0.29, 0.717) is 0 Å². The van der Waals surface area contributed by atoms with Crippen molar-refractivity contribution < 1.29 is 9.30 Å². The van der Waals surface area contributed by atoms with Crippen molar-refractivity contribution in [2.75, 3.05) is 38.6 Å². The smallest absolute Gasteiger partial charge is 0.231 e. The van der Waals surface area contributed by atoms with Crippen molar-refractivity contribution in [3.63, 3.8) is 0 Å². The van der Waals surface area contributed by atoms with Crippen LogP contribution >= 0.6 is 11.3 Å². The zero-order valence-electron chi connectivity index (χ0n) is 14.3. The molecule has 2 N–H and O–H groups in total. The zero-order chi connectivity index (χ0) is 16.4. The minimum absolute atomic E-state index is 0.865. The molecule has 1 aliphatic carbocycles. The standard InChI is InChI=1S/C18H26N4OS/c19-17-16-14-5-2-1-3-6-15(14)24-18(16)20-13-22(17)8-4-7-21-9-11-23-12-10-21/h13,19H,1-12H2/p+1. The van der Waals surface area contributed by atoms with E-state index >= 15 is 0 Å². The minimum atomic E-state index is 0.865. The highest BCUT2D eigenvalue weighted by molar-refractivity contribution is 7.18. The van der Waals surface area contributed by atoms with E-state index < -0.39 is 0 Å². The van der Waals surface area contributed by atoms with Gasteiger partial charge in [-0.2, -0.15) is 0 Å². The fourth-order valence-corrected chi connectivity index (χ4v) is 5.12. The number of hydrogen-bond acceptors (Lipinski definition) is 5. The van der Waals surface area contributed by atoms with Crippen LogP contribution in [0.2, 0.25) is 0 Å². The number of ether oxygens (including phenoxy) is 1. The Hall–Kier alpha value is -1.24. The number of hydrogen-bond donors (Lipinski definition) is 1. The lowest BCUT2D eigenvalue weighted by atomic mass is 10.1. The SMILES string of the molecule is Nc1c2c3c(sc2nc[n+]1CCCN1CCOCC1)CCCCC3. The third-order valence-electron chi connectivity index (χ3n) is 5.26. The Labute approximate surface area is 147 Å². The second-order valence-electron chi connectivity index (χ2n) is 6.88. The van der Waals surface area contributed by atoms with Crippen molar-refractivity contribution in [1.29, 1.82) is 0 Å². The van der Waals surface area contributed by atoms with Crippen molar-refractivity contribution in [3.05, 3.63) is 16.8 Å². The Bertz CT molecular complexity index is 709. The molecule has 0 atom stereocenters. The van der Waals surface area contributed by atoms with Gasteiger partial charge in [0.05, 0.1) is 19.8 Å². The maximum Gasteiger partial charge on any atom is 0.231 e. The first-order chi connectivity index (χ1) is 11.8. The monoisotopic (exact) mass is 347 g/mol. The fraction of sp³-hybridized carbons (Fsp3) is 0.667. The topological polar surface area (TPSA) is 55.3 Å². The van der Waals surface area contributed by atoms with Gasteiger partial charge < -0.3 is 10.5 Å². The molecule has 2 aromatic rings. The predicted molar refractivity (Wildman–Crippen MR) is 97.4 cm³/mol. The molecule has 4 rings (SSSR count). The van der Waals surface area contributed by atoms with Crippen LogP contribution < -0.4 is 10.3 Å². The van der Waals surface area contributed by atoms with Gasteiger partial charge in [0.2, 0.25) is 17.0 Å². The summed E-state index contributed by atoms with van der Waals surface area (Å²) in [5.41, 5.74) is 8.04. The van der Waals surface area contributed by atoms with E-state index in [1.165, 1.54) is 47.9 Å². The van der Waals surface area contributed by atoms with Crippen molar-refractivity contribution in [1.82, 2.24) is 9.88 Å². The molecule has 1 aliphatic heterocycles. The molecule has 0 bridgehead atoms. The molecule has 2 aliphatic rings. The molecule has 6 heteroatoms. The van der Waals surface area contributed by atoms with E-state index in [4.69, 9.17) is 15.5 Å². The van der Waals surface area contributed by atoms with Gasteiger partial charge in [-0.3, -0.25) is 4.90 Å². The van der Waals surface area contributed by atoms with Gasteiger partial charge in [-0.05, 0) is 37.7 Å². The molecular formula is C18H27N4OS+. The summed E-state index contributed by atoms with van der Waals surface area (Å²) >= 11 is 1.86. The molecule has 24 heavy (non-hydrogen) atoms. The molecule has 0 aromatic carbocycles. The predicted octanol–water partition coefficient (Wildman–Crippen LogP) is 2.16. The number of aryl methyl sites for hydroxylation is 3. The summed E-state index contributed by atoms with van der Waals surface area (Å²) in [5, 5.41) is 1.24. The summed E-state index contributed by atoms with van der Waals surface area (Å²) in [6, 6.07) is 0. The van der Waals surface area contributed by atoms with Crippen LogP contribution in [0.15, 0.2) is 6.33 Å². The van der Waals surface area contributed by atoms with E-state index in [-0.39, 0.29) is 0 Å². The zero-order valence-corrected chi connectivity index (χ0v) is 15.1. The summed E-state index contributed by atoms with van der Waals surface area (Å²) in [4.78, 5) is 9.84. The Morgan fingerprint density at radius 3 is 2.92 bits per heavy atom. The van der Waals surface area contributed by atoms with Gasteiger partial charge in [0.25, 0.3) is 0 Å². The van der Waals surface area contributed by atoms with E-state index in [1.54, 1.807) is 0 Å². The van der Waals surface area contributed by atoms with Gasteiger partial charge in [-0.25, -0.2) is 4.57 Å². The molecule has 3 heterocycles. The first-order valence-electron chi connectivity index (χ1n) is 9.21. The normalized spacial score (nSPS) is 19.3. The Morgan fingerprint density at radius 1 is 1.21 bits per heavy atom. The van der Waals surface area contributed by atoms with Crippen molar-refractivity contribution in [3.8, 4) is 0 Å². The molecule has 2 aromatic heterocycles. The van der Waals surface area contributed by atoms with E-state index in [1.807, 2.05) is 17.7 Å². The number of thiophene rings is 1. The molecule has 130 valence electrons. The molecule has 0 spiro atoms. The van der Waals surface area contributed by atoms with E-state index in [0.717, 1.165) is 56.5 Å². The number of nitrogens with zero attached hydrogens (tertiary/aromatic N) is 3. The quantitative estimate of drug-likeness (QED) is 0.680. The van der Waals surface area contributed by atoms with Crippen LogP contribution in [0, 0.1) is 0 Å². The summed E-state index contributed by atoms with van der Waals surface area (Å²) in [6.45, 7) is 5.88. The van der Waals surface area contributed by atoms with Gasteiger partial charge in [-0.1, -0.05) is 11.4 Å². The number of nitrogens with two attached hydrogens (primary N) is 1. The van der Waals surface area contributed by atoms with Crippen LogP contribution in [0.1, 0.15) is 36.1 Å². The molecule has 0 amide bonds. The number of aromatic nitrogens is 2. The Kier molecular flexibility index (Phi) is 4.96. The molecule has 0 radical (unpaired) electrons.